The van der Waals surface area contributed by atoms with Crippen molar-refractivity contribution in [3.8, 4) is 0 Å². The third-order valence-electron chi connectivity index (χ3n) is 3.30. The summed E-state index contributed by atoms with van der Waals surface area (Å²) in [6.07, 6.45) is 1.10. The van der Waals surface area contributed by atoms with Crippen LogP contribution in [0.5, 0.6) is 0 Å². The van der Waals surface area contributed by atoms with Crippen LogP contribution in [0.1, 0.15) is 19.3 Å². The number of hydrogen-bond donors (Lipinski definition) is 2. The van der Waals surface area contributed by atoms with Crippen molar-refractivity contribution in [3.63, 3.8) is 0 Å². The van der Waals surface area contributed by atoms with Gasteiger partial charge >= 0.3 is 12.0 Å². The van der Waals surface area contributed by atoms with Crippen molar-refractivity contribution in [2.24, 2.45) is 5.92 Å². The number of carbonyl (C=O) groups is 3. The number of carbonyl (C=O) groups excluding carboxylic acids is 2. The number of carboxylic acid groups (broad SMARTS) is 1. The number of likely N-dealkylation sites (tertiary alicyclic amines) is 1. The molecule has 3 amide bonds. The van der Waals surface area contributed by atoms with Crippen molar-refractivity contribution < 1.29 is 19.5 Å². The van der Waals surface area contributed by atoms with E-state index >= 15 is 0 Å². The maximum Gasteiger partial charge on any atom is 0.319 e. The van der Waals surface area contributed by atoms with E-state index in [0.717, 1.165) is 6.42 Å². The number of hydrogen-bond acceptors (Lipinski definition) is 3. The topological polar surface area (TPSA) is 90.0 Å². The Balaban J connectivity index is 2.37. The van der Waals surface area contributed by atoms with E-state index in [2.05, 4.69) is 5.32 Å². The smallest absolute Gasteiger partial charge is 0.319 e. The van der Waals surface area contributed by atoms with Crippen LogP contribution in [0, 0.1) is 5.92 Å². The molecule has 1 aliphatic rings. The summed E-state index contributed by atoms with van der Waals surface area (Å²) in [5.74, 6) is -0.897. The highest BCUT2D eigenvalue weighted by Crippen LogP contribution is 2.20. The largest absolute Gasteiger partial charge is 0.481 e. The number of carboxylic acids is 1. The molecule has 1 rings (SSSR count). The number of rotatable bonds is 5. The Bertz CT molecular complexity index is 359. The highest BCUT2D eigenvalue weighted by Gasteiger charge is 2.29. The average Bonchev–Trinajstić information content (AvgIpc) is 2.81. The molecule has 108 valence electrons. The quantitative estimate of drug-likeness (QED) is 0.735. The van der Waals surface area contributed by atoms with Gasteiger partial charge in [-0.1, -0.05) is 0 Å². The number of aliphatic carboxylic acids is 1. The predicted molar refractivity (Wildman–Crippen MR) is 68.6 cm³/mol. The van der Waals surface area contributed by atoms with Gasteiger partial charge in [0.05, 0.1) is 0 Å². The summed E-state index contributed by atoms with van der Waals surface area (Å²) in [5.41, 5.74) is 0. The Morgan fingerprint density at radius 2 is 2.11 bits per heavy atom. The molecular formula is C12H21N3O4. The lowest BCUT2D eigenvalue weighted by atomic mass is 10.1. The number of amides is 3. The molecule has 7 nitrogen and oxygen atoms in total. The van der Waals surface area contributed by atoms with E-state index in [0.29, 0.717) is 19.6 Å². The van der Waals surface area contributed by atoms with Gasteiger partial charge < -0.3 is 20.2 Å². The number of urea groups is 1. The molecule has 0 aromatic heterocycles. The monoisotopic (exact) mass is 271 g/mol. The lowest BCUT2D eigenvalue weighted by Crippen LogP contribution is -2.41. The fourth-order valence-corrected chi connectivity index (χ4v) is 2.15. The van der Waals surface area contributed by atoms with E-state index in [4.69, 9.17) is 5.11 Å². The van der Waals surface area contributed by atoms with Crippen LogP contribution in [0.15, 0.2) is 0 Å². The fourth-order valence-electron chi connectivity index (χ4n) is 2.15. The Labute approximate surface area is 112 Å². The second-order valence-corrected chi connectivity index (χ2v) is 4.83. The number of nitrogens with one attached hydrogen (secondary N) is 1. The van der Waals surface area contributed by atoms with Crippen molar-refractivity contribution in [2.45, 2.75) is 19.3 Å². The van der Waals surface area contributed by atoms with Gasteiger partial charge in [0, 0.05) is 46.6 Å². The summed E-state index contributed by atoms with van der Waals surface area (Å²) in [6.45, 7) is 1.43. The Morgan fingerprint density at radius 3 is 2.68 bits per heavy atom. The zero-order chi connectivity index (χ0) is 14.4. The van der Waals surface area contributed by atoms with Crippen LogP contribution < -0.4 is 5.32 Å². The van der Waals surface area contributed by atoms with E-state index in [9.17, 15) is 14.4 Å². The van der Waals surface area contributed by atoms with Crippen LogP contribution in [0.4, 0.5) is 4.79 Å². The van der Waals surface area contributed by atoms with Gasteiger partial charge in [0.2, 0.25) is 5.91 Å². The first-order valence-corrected chi connectivity index (χ1v) is 6.36. The first kappa shape index (κ1) is 15.3. The molecule has 0 aliphatic carbocycles. The van der Waals surface area contributed by atoms with Crippen molar-refractivity contribution in [1.82, 2.24) is 15.1 Å². The second-order valence-electron chi connectivity index (χ2n) is 4.83. The molecule has 2 N–H and O–H groups in total. The highest BCUT2D eigenvalue weighted by atomic mass is 16.4. The highest BCUT2D eigenvalue weighted by molar-refractivity contribution is 5.78. The van der Waals surface area contributed by atoms with Gasteiger partial charge in [0.15, 0.2) is 0 Å². The Kier molecular flexibility index (Phi) is 5.59. The molecule has 0 bridgehead atoms. The van der Waals surface area contributed by atoms with Gasteiger partial charge in [-0.15, -0.1) is 0 Å². The van der Waals surface area contributed by atoms with E-state index in [1.165, 1.54) is 4.90 Å². The SMILES string of the molecule is CNC(=O)CCN(C)C(=O)N1CCC(CC(=O)O)C1. The standard InChI is InChI=1S/C12H21N3O4/c1-13-10(16)4-5-14(2)12(19)15-6-3-9(8-15)7-11(17)18/h9H,3-8H2,1-2H3,(H,13,16)(H,17,18). The van der Waals surface area contributed by atoms with E-state index in [1.807, 2.05) is 0 Å². The molecule has 1 unspecified atom stereocenters. The van der Waals surface area contributed by atoms with Gasteiger partial charge in [-0.05, 0) is 12.3 Å². The third-order valence-corrected chi connectivity index (χ3v) is 3.30. The van der Waals surface area contributed by atoms with Gasteiger partial charge in [-0.3, -0.25) is 9.59 Å². The van der Waals surface area contributed by atoms with Crippen molar-refractivity contribution in [3.05, 3.63) is 0 Å². The van der Waals surface area contributed by atoms with Crippen molar-refractivity contribution >= 4 is 17.9 Å². The maximum atomic E-state index is 12.1. The first-order valence-electron chi connectivity index (χ1n) is 6.36. The molecule has 1 saturated heterocycles. The molecule has 1 atom stereocenters. The molecule has 0 spiro atoms. The summed E-state index contributed by atoms with van der Waals surface area (Å²) < 4.78 is 0. The molecule has 0 aromatic carbocycles. The van der Waals surface area contributed by atoms with Gasteiger partial charge in [0.1, 0.15) is 0 Å². The first-order chi connectivity index (χ1) is 8.93. The second kappa shape index (κ2) is 6.96. The Morgan fingerprint density at radius 1 is 1.42 bits per heavy atom. The van der Waals surface area contributed by atoms with E-state index in [-0.39, 0.29) is 30.7 Å². The molecular weight excluding hydrogens is 250 g/mol. The molecule has 0 saturated carbocycles. The summed E-state index contributed by atoms with van der Waals surface area (Å²) >= 11 is 0. The van der Waals surface area contributed by atoms with Crippen LogP contribution in [-0.2, 0) is 9.59 Å². The molecule has 0 radical (unpaired) electrons. The lowest BCUT2D eigenvalue weighted by Gasteiger charge is -2.24. The summed E-state index contributed by atoms with van der Waals surface area (Å²) in [4.78, 5) is 36.9. The summed E-state index contributed by atoms with van der Waals surface area (Å²) in [5, 5.41) is 11.2. The summed E-state index contributed by atoms with van der Waals surface area (Å²) in [7, 11) is 3.21. The number of nitrogens with zero attached hydrogens (tertiary/aromatic N) is 2. The van der Waals surface area contributed by atoms with Gasteiger partial charge in [0.25, 0.3) is 0 Å². The zero-order valence-corrected chi connectivity index (χ0v) is 11.4. The normalized spacial score (nSPS) is 18.2. The fraction of sp³-hybridized carbons (Fsp3) is 0.750. The molecule has 1 aliphatic heterocycles. The van der Waals surface area contributed by atoms with Gasteiger partial charge in [-0.2, -0.15) is 0 Å². The van der Waals surface area contributed by atoms with Crippen LogP contribution >= 0.6 is 0 Å². The zero-order valence-electron chi connectivity index (χ0n) is 11.4. The lowest BCUT2D eigenvalue weighted by molar-refractivity contribution is -0.138. The minimum absolute atomic E-state index is 0.0359. The minimum atomic E-state index is -0.827. The maximum absolute atomic E-state index is 12.1. The summed E-state index contributed by atoms with van der Waals surface area (Å²) in [6, 6.07) is -0.142. The van der Waals surface area contributed by atoms with Gasteiger partial charge in [-0.25, -0.2) is 4.79 Å². The minimum Gasteiger partial charge on any atom is -0.481 e. The van der Waals surface area contributed by atoms with E-state index < -0.39 is 5.97 Å². The molecule has 0 aromatic rings. The molecule has 1 fully saturated rings. The molecule has 19 heavy (non-hydrogen) atoms. The Hall–Kier alpha value is -1.79. The third kappa shape index (κ3) is 4.76. The molecule has 7 heteroatoms. The molecule has 1 heterocycles. The average molecular weight is 271 g/mol. The van der Waals surface area contributed by atoms with Crippen molar-refractivity contribution in [1.29, 1.82) is 0 Å². The predicted octanol–water partition coefficient (Wildman–Crippen LogP) is -0.0291. The van der Waals surface area contributed by atoms with E-state index in [1.54, 1.807) is 19.0 Å². The van der Waals surface area contributed by atoms with Crippen molar-refractivity contribution in [2.75, 3.05) is 33.7 Å². The van der Waals surface area contributed by atoms with Crippen LogP contribution in [-0.4, -0.2) is 66.5 Å². The van der Waals surface area contributed by atoms with Crippen LogP contribution in [0.3, 0.4) is 0 Å². The van der Waals surface area contributed by atoms with Crippen LogP contribution in [0.2, 0.25) is 0 Å². The van der Waals surface area contributed by atoms with Crippen LogP contribution in [0.25, 0.3) is 0 Å².